The summed E-state index contributed by atoms with van der Waals surface area (Å²) in [4.78, 5) is 2.28. The van der Waals surface area contributed by atoms with Crippen molar-refractivity contribution < 1.29 is 4.74 Å². The number of para-hydroxylation sites is 2. The second-order valence-corrected chi connectivity index (χ2v) is 4.30. The number of ether oxygens (including phenoxy) is 1. The molecule has 1 unspecified atom stereocenters. The summed E-state index contributed by atoms with van der Waals surface area (Å²) < 4.78 is 5.82. The van der Waals surface area contributed by atoms with Gasteiger partial charge in [-0.1, -0.05) is 42.5 Å². The third kappa shape index (κ3) is 1.86. The van der Waals surface area contributed by atoms with E-state index in [4.69, 9.17) is 4.74 Å². The van der Waals surface area contributed by atoms with Crippen molar-refractivity contribution in [3.05, 3.63) is 60.2 Å². The second kappa shape index (κ2) is 4.13. The summed E-state index contributed by atoms with van der Waals surface area (Å²) in [5, 5.41) is 0. The van der Waals surface area contributed by atoms with Crippen molar-refractivity contribution in [1.82, 2.24) is 0 Å². The van der Waals surface area contributed by atoms with Gasteiger partial charge in [0.1, 0.15) is 5.75 Å². The zero-order valence-corrected chi connectivity index (χ0v) is 9.84. The second-order valence-electron chi connectivity index (χ2n) is 4.30. The number of nitrogens with zero attached hydrogens (tertiary/aromatic N) is 1. The summed E-state index contributed by atoms with van der Waals surface area (Å²) in [6.45, 7) is 2.97. The molecule has 2 aromatic rings. The van der Waals surface area contributed by atoms with Gasteiger partial charge in [0.2, 0.25) is 0 Å². The lowest BCUT2D eigenvalue weighted by Crippen LogP contribution is -2.31. The van der Waals surface area contributed by atoms with Gasteiger partial charge in [-0.05, 0) is 24.6 Å². The molecule has 0 amide bonds. The Morgan fingerprint density at radius 2 is 1.71 bits per heavy atom. The minimum absolute atomic E-state index is 0.104. The van der Waals surface area contributed by atoms with Crippen LogP contribution in [0.2, 0.25) is 0 Å². The van der Waals surface area contributed by atoms with E-state index in [9.17, 15) is 0 Å². The van der Waals surface area contributed by atoms with Gasteiger partial charge in [-0.25, -0.2) is 0 Å². The Kier molecular flexibility index (Phi) is 2.48. The van der Waals surface area contributed by atoms with E-state index in [0.717, 1.165) is 12.3 Å². The zero-order chi connectivity index (χ0) is 11.7. The Balaban J connectivity index is 1.89. The first-order valence-electron chi connectivity index (χ1n) is 5.91. The maximum atomic E-state index is 5.82. The van der Waals surface area contributed by atoms with Gasteiger partial charge in [0, 0.05) is 6.54 Å². The van der Waals surface area contributed by atoms with E-state index in [2.05, 4.69) is 48.2 Å². The van der Waals surface area contributed by atoms with Crippen molar-refractivity contribution in [2.24, 2.45) is 0 Å². The van der Waals surface area contributed by atoms with Crippen molar-refractivity contribution in [3.63, 3.8) is 0 Å². The predicted octanol–water partition coefficient (Wildman–Crippen LogP) is 3.43. The number of rotatable bonds is 2. The predicted molar refractivity (Wildman–Crippen MR) is 69.2 cm³/mol. The topological polar surface area (TPSA) is 12.5 Å². The van der Waals surface area contributed by atoms with Gasteiger partial charge in [-0.3, -0.25) is 0 Å². The third-order valence-electron chi connectivity index (χ3n) is 3.11. The quantitative estimate of drug-likeness (QED) is 0.776. The fourth-order valence-corrected chi connectivity index (χ4v) is 2.23. The third-order valence-corrected chi connectivity index (χ3v) is 3.11. The van der Waals surface area contributed by atoms with Crippen LogP contribution in [0, 0.1) is 0 Å². The van der Waals surface area contributed by atoms with Gasteiger partial charge in [-0.2, -0.15) is 0 Å². The van der Waals surface area contributed by atoms with Crippen LogP contribution in [0.15, 0.2) is 54.6 Å². The maximum Gasteiger partial charge on any atom is 0.170 e. The summed E-state index contributed by atoms with van der Waals surface area (Å²) >= 11 is 0. The molecule has 1 aliphatic heterocycles. The Labute approximate surface area is 101 Å². The molecule has 0 bridgehead atoms. The Hall–Kier alpha value is -1.96. The summed E-state index contributed by atoms with van der Waals surface area (Å²) in [7, 11) is 0. The highest BCUT2D eigenvalue weighted by molar-refractivity contribution is 5.62. The van der Waals surface area contributed by atoms with Crippen LogP contribution in [0.3, 0.4) is 0 Å². The molecule has 0 aliphatic carbocycles. The van der Waals surface area contributed by atoms with Crippen molar-refractivity contribution in [2.75, 3.05) is 4.90 Å². The fourth-order valence-electron chi connectivity index (χ4n) is 2.23. The average Bonchev–Trinajstić information content (AvgIpc) is 2.68. The van der Waals surface area contributed by atoms with Gasteiger partial charge < -0.3 is 9.64 Å². The van der Waals surface area contributed by atoms with Gasteiger partial charge in [-0.15, -0.1) is 0 Å². The lowest BCUT2D eigenvalue weighted by atomic mass is 10.2. The molecule has 0 saturated heterocycles. The molecule has 1 atom stereocenters. The van der Waals surface area contributed by atoms with Crippen LogP contribution >= 0.6 is 0 Å². The van der Waals surface area contributed by atoms with Gasteiger partial charge in [0.05, 0.1) is 5.69 Å². The Morgan fingerprint density at radius 1 is 1.00 bits per heavy atom. The summed E-state index contributed by atoms with van der Waals surface area (Å²) in [6.07, 6.45) is 0.104. The number of benzene rings is 2. The van der Waals surface area contributed by atoms with Crippen LogP contribution in [-0.4, -0.2) is 6.23 Å². The number of fused-ring (bicyclic) bond motifs is 1. The number of hydrogen-bond acceptors (Lipinski definition) is 2. The van der Waals surface area contributed by atoms with E-state index in [1.54, 1.807) is 0 Å². The van der Waals surface area contributed by atoms with Gasteiger partial charge in [0.15, 0.2) is 6.23 Å². The van der Waals surface area contributed by atoms with Gasteiger partial charge >= 0.3 is 0 Å². The largest absolute Gasteiger partial charge is 0.469 e. The van der Waals surface area contributed by atoms with E-state index in [0.29, 0.717) is 0 Å². The minimum Gasteiger partial charge on any atom is -0.469 e. The van der Waals surface area contributed by atoms with E-state index in [-0.39, 0.29) is 6.23 Å². The van der Waals surface area contributed by atoms with Crippen molar-refractivity contribution in [2.45, 2.75) is 19.7 Å². The van der Waals surface area contributed by atoms with Crippen LogP contribution < -0.4 is 9.64 Å². The van der Waals surface area contributed by atoms with Crippen LogP contribution in [0.25, 0.3) is 0 Å². The Bertz CT molecular complexity index is 509. The van der Waals surface area contributed by atoms with E-state index < -0.39 is 0 Å². The molecule has 0 saturated carbocycles. The molecule has 0 spiro atoms. The Morgan fingerprint density at radius 3 is 2.53 bits per heavy atom. The van der Waals surface area contributed by atoms with Crippen LogP contribution in [-0.2, 0) is 6.54 Å². The average molecular weight is 225 g/mol. The minimum atomic E-state index is 0.104. The monoisotopic (exact) mass is 225 g/mol. The molecular weight excluding hydrogens is 210 g/mol. The van der Waals surface area contributed by atoms with Crippen LogP contribution in [0.5, 0.6) is 5.75 Å². The van der Waals surface area contributed by atoms with E-state index >= 15 is 0 Å². The van der Waals surface area contributed by atoms with Gasteiger partial charge in [0.25, 0.3) is 0 Å². The highest BCUT2D eigenvalue weighted by Gasteiger charge is 2.26. The zero-order valence-electron chi connectivity index (χ0n) is 9.84. The molecular formula is C15H15NO. The number of anilines is 1. The summed E-state index contributed by atoms with van der Waals surface area (Å²) in [6, 6.07) is 18.7. The molecule has 0 radical (unpaired) electrons. The van der Waals surface area contributed by atoms with Crippen LogP contribution in [0.1, 0.15) is 12.5 Å². The fraction of sp³-hybridized carbons (Fsp3) is 0.200. The van der Waals surface area contributed by atoms with E-state index in [1.807, 2.05) is 18.2 Å². The first-order chi connectivity index (χ1) is 8.34. The van der Waals surface area contributed by atoms with Crippen molar-refractivity contribution in [1.29, 1.82) is 0 Å². The number of hydrogen-bond donors (Lipinski definition) is 0. The highest BCUT2D eigenvalue weighted by atomic mass is 16.5. The molecule has 86 valence electrons. The molecule has 0 aromatic heterocycles. The SMILES string of the molecule is CC1Oc2ccccc2N1Cc1ccccc1. The molecule has 2 heteroatoms. The normalized spacial score (nSPS) is 17.7. The highest BCUT2D eigenvalue weighted by Crippen LogP contribution is 2.37. The lowest BCUT2D eigenvalue weighted by Gasteiger charge is -2.22. The molecule has 0 fully saturated rings. The summed E-state index contributed by atoms with van der Waals surface area (Å²) in [5.74, 6) is 0.982. The van der Waals surface area contributed by atoms with E-state index in [1.165, 1.54) is 11.3 Å². The molecule has 17 heavy (non-hydrogen) atoms. The van der Waals surface area contributed by atoms with Crippen LogP contribution in [0.4, 0.5) is 5.69 Å². The maximum absolute atomic E-state index is 5.82. The van der Waals surface area contributed by atoms with Crippen molar-refractivity contribution in [3.8, 4) is 5.75 Å². The van der Waals surface area contributed by atoms with Crippen molar-refractivity contribution >= 4 is 5.69 Å². The molecule has 1 aliphatic rings. The lowest BCUT2D eigenvalue weighted by molar-refractivity contribution is 0.243. The standard InChI is InChI=1S/C15H15NO/c1-12-16(11-13-7-3-2-4-8-13)14-9-5-6-10-15(14)17-12/h2-10,12H,11H2,1H3. The smallest absolute Gasteiger partial charge is 0.170 e. The summed E-state index contributed by atoms with van der Waals surface area (Å²) in [5.41, 5.74) is 2.49. The first-order valence-corrected chi connectivity index (χ1v) is 5.91. The molecule has 1 heterocycles. The first kappa shape index (κ1) is 10.2. The molecule has 0 N–H and O–H groups in total. The molecule has 3 rings (SSSR count). The molecule has 2 nitrogen and oxygen atoms in total. The molecule has 2 aromatic carbocycles.